The maximum absolute atomic E-state index is 11.3. The topological polar surface area (TPSA) is 84.3 Å². The molecule has 0 bridgehead atoms. The van der Waals surface area contributed by atoms with Crippen LogP contribution in [0.4, 0.5) is 0 Å². The monoisotopic (exact) mass is 234 g/mol. The van der Waals surface area contributed by atoms with Crippen LogP contribution in [0.15, 0.2) is 46.0 Å². The minimum absolute atomic E-state index is 0.0919. The Morgan fingerprint density at radius 1 is 1.24 bits per heavy atom. The van der Waals surface area contributed by atoms with Gasteiger partial charge in [0, 0.05) is 0 Å². The summed E-state index contributed by atoms with van der Waals surface area (Å²) in [5.74, 6) is -0.487. The molecule has 0 atom stereocenters. The van der Waals surface area contributed by atoms with E-state index in [0.29, 0.717) is 4.73 Å². The number of hydrogen-bond donors (Lipinski definition) is 2. The molecule has 1 aromatic carbocycles. The van der Waals surface area contributed by atoms with Gasteiger partial charge in [-0.1, -0.05) is 35.1 Å². The number of aromatic nitrogens is 2. The third-order valence-corrected chi connectivity index (χ3v) is 2.08. The van der Waals surface area contributed by atoms with E-state index in [1.807, 2.05) is 18.2 Å². The number of rotatable bonds is 3. The third kappa shape index (κ3) is 2.54. The van der Waals surface area contributed by atoms with Crippen LogP contribution in [0.1, 0.15) is 5.56 Å². The van der Waals surface area contributed by atoms with Gasteiger partial charge in [-0.3, -0.25) is 9.78 Å². The van der Waals surface area contributed by atoms with E-state index in [4.69, 9.17) is 9.94 Å². The molecule has 1 aromatic heterocycles. The van der Waals surface area contributed by atoms with Gasteiger partial charge >= 0.3 is 5.69 Å². The Bertz CT molecular complexity index is 584. The highest BCUT2D eigenvalue weighted by Crippen LogP contribution is 1.98. The van der Waals surface area contributed by atoms with Crippen molar-refractivity contribution in [3.05, 3.63) is 62.8 Å². The molecule has 6 heteroatoms. The lowest BCUT2D eigenvalue weighted by atomic mass is 10.2. The molecule has 0 aliphatic carbocycles. The minimum Gasteiger partial charge on any atom is -0.494 e. The molecule has 0 saturated heterocycles. The minimum atomic E-state index is -0.814. The molecule has 2 aromatic rings. The van der Waals surface area contributed by atoms with Crippen LogP contribution < -0.4 is 16.1 Å². The third-order valence-electron chi connectivity index (χ3n) is 2.08. The van der Waals surface area contributed by atoms with Gasteiger partial charge in [-0.25, -0.2) is 4.79 Å². The first-order valence-electron chi connectivity index (χ1n) is 4.89. The molecule has 0 aliphatic rings. The van der Waals surface area contributed by atoms with Gasteiger partial charge in [-0.2, -0.15) is 0 Å². The molecule has 2 N–H and O–H groups in total. The highest BCUT2D eigenvalue weighted by molar-refractivity contribution is 5.13. The molecule has 0 radical (unpaired) electrons. The zero-order valence-electron chi connectivity index (χ0n) is 8.79. The summed E-state index contributed by atoms with van der Waals surface area (Å²) in [6, 6.07) is 9.97. The Balaban J connectivity index is 2.21. The highest BCUT2D eigenvalue weighted by atomic mass is 16.7. The summed E-state index contributed by atoms with van der Waals surface area (Å²) in [6.45, 7) is 0.0919. The average molecular weight is 234 g/mol. The Hall–Kier alpha value is -2.50. The standard InChI is InChI=1S/C11H10N2O4/c14-9-6-10(15)13(11(16)12-9)17-7-8-4-2-1-3-5-8/h1-6,14H,7H2,(H,12,16). The van der Waals surface area contributed by atoms with Gasteiger partial charge in [0.05, 0.1) is 6.07 Å². The van der Waals surface area contributed by atoms with Gasteiger partial charge in [-0.15, -0.1) is 0 Å². The van der Waals surface area contributed by atoms with Gasteiger partial charge in [0.1, 0.15) is 6.61 Å². The van der Waals surface area contributed by atoms with E-state index < -0.39 is 17.1 Å². The Labute approximate surface area is 95.7 Å². The lowest BCUT2D eigenvalue weighted by Crippen LogP contribution is -2.38. The fourth-order valence-electron chi connectivity index (χ4n) is 1.31. The number of aromatic hydroxyl groups is 1. The first kappa shape index (κ1) is 11.0. The largest absolute Gasteiger partial charge is 0.494 e. The van der Waals surface area contributed by atoms with Crippen molar-refractivity contribution in [2.45, 2.75) is 6.61 Å². The summed E-state index contributed by atoms with van der Waals surface area (Å²) in [7, 11) is 0. The number of H-pyrrole nitrogens is 1. The Kier molecular flexibility index (Phi) is 2.95. The van der Waals surface area contributed by atoms with E-state index in [-0.39, 0.29) is 6.61 Å². The van der Waals surface area contributed by atoms with Crippen LogP contribution >= 0.6 is 0 Å². The first-order chi connectivity index (χ1) is 8.16. The van der Waals surface area contributed by atoms with Crippen molar-refractivity contribution in [1.82, 2.24) is 9.71 Å². The lowest BCUT2D eigenvalue weighted by Gasteiger charge is -2.06. The molecule has 88 valence electrons. The molecule has 1 heterocycles. The molecular formula is C11H10N2O4. The van der Waals surface area contributed by atoms with Crippen LogP contribution in [-0.4, -0.2) is 14.8 Å². The second kappa shape index (κ2) is 4.56. The predicted octanol–water partition coefficient (Wildman–Crippen LogP) is -0.129. The maximum Gasteiger partial charge on any atom is 0.364 e. The van der Waals surface area contributed by atoms with E-state index >= 15 is 0 Å². The fraction of sp³-hybridized carbons (Fsp3) is 0.0909. The van der Waals surface area contributed by atoms with Crippen molar-refractivity contribution in [1.29, 1.82) is 0 Å². The normalized spacial score (nSPS) is 10.1. The Morgan fingerprint density at radius 3 is 2.59 bits per heavy atom. The second-order valence-corrected chi connectivity index (χ2v) is 3.35. The van der Waals surface area contributed by atoms with E-state index in [9.17, 15) is 9.59 Å². The second-order valence-electron chi connectivity index (χ2n) is 3.35. The van der Waals surface area contributed by atoms with Crippen LogP contribution in [0, 0.1) is 0 Å². The first-order valence-corrected chi connectivity index (χ1v) is 4.89. The quantitative estimate of drug-likeness (QED) is 0.774. The number of aromatic amines is 1. The molecule has 6 nitrogen and oxygen atoms in total. The molecule has 0 saturated carbocycles. The molecule has 0 unspecified atom stereocenters. The molecule has 0 spiro atoms. The smallest absolute Gasteiger partial charge is 0.364 e. The van der Waals surface area contributed by atoms with Gasteiger partial charge in [0.25, 0.3) is 5.56 Å². The summed E-state index contributed by atoms with van der Waals surface area (Å²) in [4.78, 5) is 29.8. The summed E-state index contributed by atoms with van der Waals surface area (Å²) < 4.78 is 0.562. The van der Waals surface area contributed by atoms with Gasteiger partial charge in [-0.05, 0) is 5.56 Å². The zero-order valence-corrected chi connectivity index (χ0v) is 8.79. The van der Waals surface area contributed by atoms with E-state index in [0.717, 1.165) is 11.6 Å². The summed E-state index contributed by atoms with van der Waals surface area (Å²) in [5.41, 5.74) is -0.708. The fourth-order valence-corrected chi connectivity index (χ4v) is 1.31. The maximum atomic E-state index is 11.3. The molecule has 0 fully saturated rings. The SMILES string of the molecule is O=c1cc(O)[nH]c(=O)n1OCc1ccccc1. The molecular weight excluding hydrogens is 224 g/mol. The van der Waals surface area contributed by atoms with Gasteiger partial charge in [0.2, 0.25) is 0 Å². The number of nitrogens with one attached hydrogen (secondary N) is 1. The molecule has 0 amide bonds. The van der Waals surface area contributed by atoms with Crippen LogP contribution in [0.2, 0.25) is 0 Å². The van der Waals surface area contributed by atoms with Gasteiger partial charge in [0.15, 0.2) is 5.88 Å². The van der Waals surface area contributed by atoms with Crippen molar-refractivity contribution in [3.63, 3.8) is 0 Å². The molecule has 2 rings (SSSR count). The summed E-state index contributed by atoms with van der Waals surface area (Å²) >= 11 is 0. The highest BCUT2D eigenvalue weighted by Gasteiger charge is 2.04. The van der Waals surface area contributed by atoms with Crippen molar-refractivity contribution in [2.24, 2.45) is 0 Å². The van der Waals surface area contributed by atoms with E-state index in [1.54, 1.807) is 12.1 Å². The van der Waals surface area contributed by atoms with Crippen molar-refractivity contribution in [2.75, 3.05) is 0 Å². The van der Waals surface area contributed by atoms with Gasteiger partial charge < -0.3 is 9.94 Å². The van der Waals surface area contributed by atoms with Crippen molar-refractivity contribution >= 4 is 0 Å². The average Bonchev–Trinajstić information content (AvgIpc) is 2.29. The van der Waals surface area contributed by atoms with E-state index in [2.05, 4.69) is 4.98 Å². The summed E-state index contributed by atoms with van der Waals surface area (Å²) in [5, 5.41) is 8.98. The van der Waals surface area contributed by atoms with E-state index in [1.165, 1.54) is 0 Å². The van der Waals surface area contributed by atoms with Crippen molar-refractivity contribution < 1.29 is 9.94 Å². The van der Waals surface area contributed by atoms with Crippen LogP contribution in [-0.2, 0) is 6.61 Å². The van der Waals surface area contributed by atoms with Crippen LogP contribution in [0.3, 0.4) is 0 Å². The van der Waals surface area contributed by atoms with Crippen LogP contribution in [0.5, 0.6) is 5.88 Å². The predicted molar refractivity (Wildman–Crippen MR) is 59.7 cm³/mol. The lowest BCUT2D eigenvalue weighted by molar-refractivity contribution is 0.0780. The Morgan fingerprint density at radius 2 is 1.94 bits per heavy atom. The zero-order chi connectivity index (χ0) is 12.3. The van der Waals surface area contributed by atoms with Crippen LogP contribution in [0.25, 0.3) is 0 Å². The number of hydrogen-bond acceptors (Lipinski definition) is 4. The number of benzene rings is 1. The summed E-state index contributed by atoms with van der Waals surface area (Å²) in [6.07, 6.45) is 0. The molecule has 0 aliphatic heterocycles. The number of nitrogens with zero attached hydrogens (tertiary/aromatic N) is 1. The van der Waals surface area contributed by atoms with Crippen molar-refractivity contribution in [3.8, 4) is 5.88 Å². The molecule has 17 heavy (non-hydrogen) atoms.